The number of carboxylic acid groups (broad SMARTS) is 1. The highest BCUT2D eigenvalue weighted by atomic mass is 32.2. The highest BCUT2D eigenvalue weighted by molar-refractivity contribution is 7.87. The van der Waals surface area contributed by atoms with Gasteiger partial charge in [0.15, 0.2) is 0 Å². The van der Waals surface area contributed by atoms with Crippen LogP contribution in [0.1, 0.15) is 25.0 Å². The molecule has 0 aliphatic rings. The Kier molecular flexibility index (Phi) is 6.52. The highest BCUT2D eigenvalue weighted by Gasteiger charge is 2.25. The molecule has 22 heavy (non-hydrogen) atoms. The molecular formula is C15H24N2O4S. The normalized spacial score (nSPS) is 13.5. The number of rotatable bonds is 8. The maximum atomic E-state index is 12.0. The third-order valence-electron chi connectivity index (χ3n) is 3.70. The van der Waals surface area contributed by atoms with E-state index in [-0.39, 0.29) is 19.0 Å². The third kappa shape index (κ3) is 5.08. The Hall–Kier alpha value is -1.44. The molecule has 0 fully saturated rings. The van der Waals surface area contributed by atoms with Crippen molar-refractivity contribution in [2.24, 2.45) is 5.92 Å². The molecule has 0 spiro atoms. The average Bonchev–Trinajstić information content (AvgIpc) is 2.43. The van der Waals surface area contributed by atoms with Gasteiger partial charge in [-0.2, -0.15) is 12.7 Å². The summed E-state index contributed by atoms with van der Waals surface area (Å²) in [6.45, 7) is 5.27. The Morgan fingerprint density at radius 3 is 2.41 bits per heavy atom. The standard InChI is InChI=1S/C15H24N2O4S/c1-11(2)17(4)22(20,21)16-10-14(15(18)19)9-13-8-6-5-7-12(13)3/h5-8,11,14,16H,9-10H2,1-4H3,(H,18,19). The van der Waals surface area contributed by atoms with Crippen LogP contribution in [0.2, 0.25) is 0 Å². The molecule has 0 aliphatic heterocycles. The van der Waals surface area contributed by atoms with Gasteiger partial charge < -0.3 is 5.11 Å². The van der Waals surface area contributed by atoms with E-state index in [1.165, 1.54) is 11.4 Å². The fourth-order valence-electron chi connectivity index (χ4n) is 1.94. The Labute approximate surface area is 132 Å². The number of benzene rings is 1. The topological polar surface area (TPSA) is 86.7 Å². The lowest BCUT2D eigenvalue weighted by Gasteiger charge is -2.22. The number of hydrogen-bond donors (Lipinski definition) is 2. The third-order valence-corrected chi connectivity index (χ3v) is 5.41. The van der Waals surface area contributed by atoms with Crippen LogP contribution in [0.3, 0.4) is 0 Å². The van der Waals surface area contributed by atoms with Crippen molar-refractivity contribution in [1.29, 1.82) is 0 Å². The van der Waals surface area contributed by atoms with E-state index in [9.17, 15) is 18.3 Å². The van der Waals surface area contributed by atoms with Gasteiger partial charge in [-0.05, 0) is 38.3 Å². The molecule has 0 heterocycles. The second kappa shape index (κ2) is 7.71. The molecule has 1 rings (SSSR count). The number of nitrogens with one attached hydrogen (secondary N) is 1. The molecule has 7 heteroatoms. The number of aliphatic carboxylic acids is 1. The van der Waals surface area contributed by atoms with Crippen molar-refractivity contribution >= 4 is 16.2 Å². The van der Waals surface area contributed by atoms with Crippen LogP contribution in [-0.2, 0) is 21.4 Å². The molecule has 0 radical (unpaired) electrons. The van der Waals surface area contributed by atoms with E-state index in [4.69, 9.17) is 0 Å². The van der Waals surface area contributed by atoms with Gasteiger partial charge >= 0.3 is 5.97 Å². The van der Waals surface area contributed by atoms with Crippen LogP contribution in [0, 0.1) is 12.8 Å². The Morgan fingerprint density at radius 2 is 1.91 bits per heavy atom. The fourth-order valence-corrected chi connectivity index (χ4v) is 3.11. The summed E-state index contributed by atoms with van der Waals surface area (Å²) in [5.41, 5.74) is 1.90. The summed E-state index contributed by atoms with van der Waals surface area (Å²) in [5.74, 6) is -1.82. The van der Waals surface area contributed by atoms with Gasteiger partial charge in [-0.3, -0.25) is 4.79 Å². The number of aryl methyl sites for hydroxylation is 1. The van der Waals surface area contributed by atoms with Crippen LogP contribution in [0.5, 0.6) is 0 Å². The lowest BCUT2D eigenvalue weighted by molar-refractivity contribution is -0.141. The van der Waals surface area contributed by atoms with Crippen LogP contribution >= 0.6 is 0 Å². The van der Waals surface area contributed by atoms with Crippen LogP contribution in [0.25, 0.3) is 0 Å². The number of carbonyl (C=O) groups is 1. The quantitative estimate of drug-likeness (QED) is 0.755. The smallest absolute Gasteiger partial charge is 0.308 e. The molecular weight excluding hydrogens is 304 g/mol. The Balaban J connectivity index is 2.78. The van der Waals surface area contributed by atoms with Gasteiger partial charge in [0.1, 0.15) is 0 Å². The molecule has 0 aromatic heterocycles. The zero-order valence-electron chi connectivity index (χ0n) is 13.4. The van der Waals surface area contributed by atoms with E-state index >= 15 is 0 Å². The van der Waals surface area contributed by atoms with E-state index in [1.807, 2.05) is 31.2 Å². The minimum atomic E-state index is -3.67. The molecule has 1 unspecified atom stereocenters. The van der Waals surface area contributed by atoms with Crippen molar-refractivity contribution in [1.82, 2.24) is 9.03 Å². The molecule has 1 atom stereocenters. The number of hydrogen-bond acceptors (Lipinski definition) is 3. The first kappa shape index (κ1) is 18.6. The minimum absolute atomic E-state index is 0.136. The van der Waals surface area contributed by atoms with Crippen LogP contribution in [0.4, 0.5) is 0 Å². The average molecular weight is 328 g/mol. The van der Waals surface area contributed by atoms with Crippen LogP contribution in [0.15, 0.2) is 24.3 Å². The minimum Gasteiger partial charge on any atom is -0.481 e. The highest BCUT2D eigenvalue weighted by Crippen LogP contribution is 2.14. The van der Waals surface area contributed by atoms with E-state index < -0.39 is 22.1 Å². The molecule has 0 aliphatic carbocycles. The molecule has 0 saturated heterocycles. The second-order valence-corrected chi connectivity index (χ2v) is 7.44. The van der Waals surface area contributed by atoms with Gasteiger partial charge in [0.25, 0.3) is 10.2 Å². The lowest BCUT2D eigenvalue weighted by atomic mass is 9.96. The molecule has 2 N–H and O–H groups in total. The summed E-state index contributed by atoms with van der Waals surface area (Å²) in [4.78, 5) is 11.4. The van der Waals surface area contributed by atoms with Crippen molar-refractivity contribution in [2.45, 2.75) is 33.2 Å². The molecule has 6 nitrogen and oxygen atoms in total. The number of nitrogens with zero attached hydrogens (tertiary/aromatic N) is 1. The largest absolute Gasteiger partial charge is 0.481 e. The van der Waals surface area contributed by atoms with E-state index in [0.717, 1.165) is 11.1 Å². The fraction of sp³-hybridized carbons (Fsp3) is 0.533. The van der Waals surface area contributed by atoms with E-state index in [2.05, 4.69) is 4.72 Å². The predicted molar refractivity (Wildman–Crippen MR) is 85.8 cm³/mol. The van der Waals surface area contributed by atoms with E-state index in [1.54, 1.807) is 13.8 Å². The van der Waals surface area contributed by atoms with Crippen molar-refractivity contribution in [2.75, 3.05) is 13.6 Å². The van der Waals surface area contributed by atoms with Crippen LogP contribution in [-0.4, -0.2) is 43.4 Å². The van der Waals surface area contributed by atoms with Crippen molar-refractivity contribution in [3.8, 4) is 0 Å². The van der Waals surface area contributed by atoms with Gasteiger partial charge in [0.05, 0.1) is 5.92 Å². The lowest BCUT2D eigenvalue weighted by Crippen LogP contribution is -2.44. The summed E-state index contributed by atoms with van der Waals surface area (Å²) in [6, 6.07) is 7.30. The maximum Gasteiger partial charge on any atom is 0.308 e. The molecule has 1 aromatic carbocycles. The predicted octanol–water partition coefficient (Wildman–Crippen LogP) is 1.41. The SMILES string of the molecule is Cc1ccccc1CC(CNS(=O)(=O)N(C)C(C)C)C(=O)O. The molecule has 0 bridgehead atoms. The summed E-state index contributed by atoms with van der Waals surface area (Å²) in [5, 5.41) is 9.32. The first-order valence-corrected chi connectivity index (χ1v) is 8.59. The van der Waals surface area contributed by atoms with Crippen molar-refractivity contribution in [3.05, 3.63) is 35.4 Å². The monoisotopic (exact) mass is 328 g/mol. The molecule has 0 saturated carbocycles. The van der Waals surface area contributed by atoms with Gasteiger partial charge in [-0.15, -0.1) is 0 Å². The first-order valence-electron chi connectivity index (χ1n) is 7.15. The zero-order chi connectivity index (χ0) is 16.9. The molecule has 1 aromatic rings. The van der Waals surface area contributed by atoms with Gasteiger partial charge in [-0.25, -0.2) is 4.72 Å². The Bertz CT molecular complexity index is 614. The first-order chi connectivity index (χ1) is 10.1. The Morgan fingerprint density at radius 1 is 1.32 bits per heavy atom. The maximum absolute atomic E-state index is 12.0. The molecule has 124 valence electrons. The van der Waals surface area contributed by atoms with Gasteiger partial charge in [0.2, 0.25) is 0 Å². The van der Waals surface area contributed by atoms with Gasteiger partial charge in [-0.1, -0.05) is 24.3 Å². The zero-order valence-corrected chi connectivity index (χ0v) is 14.2. The summed E-state index contributed by atoms with van der Waals surface area (Å²) < 4.78 is 27.6. The van der Waals surface area contributed by atoms with Crippen LogP contribution < -0.4 is 4.72 Å². The van der Waals surface area contributed by atoms with Crippen molar-refractivity contribution in [3.63, 3.8) is 0 Å². The summed E-state index contributed by atoms with van der Waals surface area (Å²) >= 11 is 0. The number of carboxylic acids is 1. The second-order valence-electron chi connectivity index (χ2n) is 5.63. The van der Waals surface area contributed by atoms with Gasteiger partial charge in [0, 0.05) is 19.6 Å². The van der Waals surface area contributed by atoms with Crippen molar-refractivity contribution < 1.29 is 18.3 Å². The molecule has 0 amide bonds. The van der Waals surface area contributed by atoms with E-state index in [0.29, 0.717) is 0 Å². The summed E-state index contributed by atoms with van der Waals surface area (Å²) in [6.07, 6.45) is 0.288. The summed E-state index contributed by atoms with van der Waals surface area (Å²) in [7, 11) is -2.21.